The van der Waals surface area contributed by atoms with E-state index in [2.05, 4.69) is 26.1 Å². The molecule has 2 aromatic carbocycles. The average molecular weight is 488 g/mol. The van der Waals surface area contributed by atoms with Crippen LogP contribution in [0.1, 0.15) is 23.2 Å². The first-order chi connectivity index (χ1) is 16.1. The Kier molecular flexibility index (Phi) is 7.87. The van der Waals surface area contributed by atoms with Gasteiger partial charge in [-0.3, -0.25) is 9.59 Å². The van der Waals surface area contributed by atoms with E-state index in [-0.39, 0.29) is 23.6 Å². The lowest BCUT2D eigenvalue weighted by Gasteiger charge is -2.11. The third-order valence-corrected chi connectivity index (χ3v) is 6.80. The fourth-order valence-electron chi connectivity index (χ4n) is 3.18. The van der Waals surface area contributed by atoms with Crippen LogP contribution in [0, 0.1) is 5.82 Å². The predicted octanol–water partition coefficient (Wildman–Crippen LogP) is 4.25. The van der Waals surface area contributed by atoms with Crippen LogP contribution < -0.4 is 16.0 Å². The van der Waals surface area contributed by atoms with Crippen LogP contribution in [0.4, 0.5) is 20.9 Å². The third kappa shape index (κ3) is 6.73. The number of nitrogens with zero attached hydrogens (tertiary/aromatic N) is 2. The smallest absolute Gasteiger partial charge is 0.257 e. The molecule has 4 rings (SSSR count). The molecule has 1 unspecified atom stereocenters. The van der Waals surface area contributed by atoms with Gasteiger partial charge in [0.1, 0.15) is 5.82 Å². The molecule has 3 N–H and O–H groups in total. The fourth-order valence-corrected chi connectivity index (χ4v) is 4.74. The standard InChI is InChI=1S/C22H22FN5O3S2/c23-14-7-9-15(10-8-14)25-20(30)17-5-1-2-6-18(17)26-19(29)13-32-22-28-27-21(33-22)24-12-16-4-3-11-31-16/h1-2,5-10,16H,3-4,11-13H2,(H,24,27)(H,25,30)(H,26,29). The van der Waals surface area contributed by atoms with Crippen LogP contribution in [0.3, 0.4) is 0 Å². The Morgan fingerprint density at radius 2 is 1.94 bits per heavy atom. The van der Waals surface area contributed by atoms with E-state index in [1.54, 1.807) is 24.3 Å². The first kappa shape index (κ1) is 23.1. The number of rotatable bonds is 9. The number of amides is 2. The van der Waals surface area contributed by atoms with Gasteiger partial charge < -0.3 is 20.7 Å². The van der Waals surface area contributed by atoms with Gasteiger partial charge in [0.2, 0.25) is 11.0 Å². The Morgan fingerprint density at radius 3 is 2.73 bits per heavy atom. The van der Waals surface area contributed by atoms with E-state index in [1.807, 2.05) is 0 Å². The molecule has 2 heterocycles. The molecule has 0 radical (unpaired) electrons. The number of carbonyl (C=O) groups is 2. The lowest BCUT2D eigenvalue weighted by atomic mass is 10.1. The zero-order valence-electron chi connectivity index (χ0n) is 17.5. The van der Waals surface area contributed by atoms with E-state index in [0.717, 1.165) is 19.4 Å². The quantitative estimate of drug-likeness (QED) is 0.388. The number of hydrogen-bond donors (Lipinski definition) is 3. The number of para-hydroxylation sites is 1. The molecule has 0 bridgehead atoms. The predicted molar refractivity (Wildman–Crippen MR) is 128 cm³/mol. The Labute approximate surface area is 198 Å². The number of anilines is 3. The van der Waals surface area contributed by atoms with Gasteiger partial charge in [0.05, 0.1) is 23.1 Å². The first-order valence-corrected chi connectivity index (χ1v) is 12.1. The van der Waals surface area contributed by atoms with E-state index in [9.17, 15) is 14.0 Å². The molecule has 0 aliphatic carbocycles. The highest BCUT2D eigenvalue weighted by molar-refractivity contribution is 8.01. The lowest BCUT2D eigenvalue weighted by molar-refractivity contribution is -0.113. The van der Waals surface area contributed by atoms with Crippen molar-refractivity contribution in [3.05, 3.63) is 59.9 Å². The maximum absolute atomic E-state index is 13.1. The fraction of sp³-hybridized carbons (Fsp3) is 0.273. The number of benzene rings is 2. The normalized spacial score (nSPS) is 15.2. The van der Waals surface area contributed by atoms with E-state index >= 15 is 0 Å². The highest BCUT2D eigenvalue weighted by Crippen LogP contribution is 2.26. The van der Waals surface area contributed by atoms with Gasteiger partial charge >= 0.3 is 0 Å². The summed E-state index contributed by atoms with van der Waals surface area (Å²) in [6, 6.07) is 12.2. The zero-order chi connectivity index (χ0) is 23.0. The summed E-state index contributed by atoms with van der Waals surface area (Å²) in [5, 5.41) is 17.6. The van der Waals surface area contributed by atoms with Gasteiger partial charge in [-0.2, -0.15) is 0 Å². The topological polar surface area (TPSA) is 105 Å². The van der Waals surface area contributed by atoms with Crippen molar-refractivity contribution in [2.24, 2.45) is 0 Å². The molecule has 1 aromatic heterocycles. The van der Waals surface area contributed by atoms with Crippen molar-refractivity contribution < 1.29 is 18.7 Å². The van der Waals surface area contributed by atoms with Gasteiger partial charge in [0.15, 0.2) is 4.34 Å². The maximum atomic E-state index is 13.1. The molecule has 3 aromatic rings. The van der Waals surface area contributed by atoms with Crippen molar-refractivity contribution in [3.8, 4) is 0 Å². The molecule has 33 heavy (non-hydrogen) atoms. The maximum Gasteiger partial charge on any atom is 0.257 e. The van der Waals surface area contributed by atoms with E-state index < -0.39 is 5.91 Å². The molecule has 1 aliphatic rings. The van der Waals surface area contributed by atoms with Gasteiger partial charge in [-0.05, 0) is 49.2 Å². The number of hydrogen-bond acceptors (Lipinski definition) is 8. The summed E-state index contributed by atoms with van der Waals surface area (Å²) in [5.41, 5.74) is 1.15. The molecular weight excluding hydrogens is 465 g/mol. The number of halogens is 1. The summed E-state index contributed by atoms with van der Waals surface area (Å²) < 4.78 is 19.3. The average Bonchev–Trinajstić information content (AvgIpc) is 3.50. The minimum absolute atomic E-state index is 0.119. The molecule has 172 valence electrons. The minimum atomic E-state index is -0.406. The highest BCUT2D eigenvalue weighted by atomic mass is 32.2. The highest BCUT2D eigenvalue weighted by Gasteiger charge is 2.17. The van der Waals surface area contributed by atoms with Crippen molar-refractivity contribution in [1.82, 2.24) is 10.2 Å². The Hall–Kier alpha value is -3.02. The molecule has 1 atom stereocenters. The SMILES string of the molecule is O=C(CSc1nnc(NCC2CCCO2)s1)Nc1ccccc1C(=O)Nc1ccc(F)cc1. The van der Waals surface area contributed by atoms with Crippen LogP contribution >= 0.6 is 23.1 Å². The van der Waals surface area contributed by atoms with Crippen molar-refractivity contribution in [3.63, 3.8) is 0 Å². The number of carbonyl (C=O) groups excluding carboxylic acids is 2. The first-order valence-electron chi connectivity index (χ1n) is 10.3. The molecule has 8 nitrogen and oxygen atoms in total. The monoisotopic (exact) mass is 487 g/mol. The summed E-state index contributed by atoms with van der Waals surface area (Å²) in [4.78, 5) is 25.1. The van der Waals surface area contributed by atoms with Crippen LogP contribution in [0.5, 0.6) is 0 Å². The van der Waals surface area contributed by atoms with Crippen molar-refractivity contribution >= 4 is 51.4 Å². The minimum Gasteiger partial charge on any atom is -0.376 e. The molecular formula is C22H22FN5O3S2. The molecule has 0 saturated carbocycles. The van der Waals surface area contributed by atoms with Gasteiger partial charge in [0, 0.05) is 18.8 Å². The molecule has 1 aliphatic heterocycles. The number of aromatic nitrogens is 2. The Morgan fingerprint density at radius 1 is 1.12 bits per heavy atom. The number of nitrogens with one attached hydrogen (secondary N) is 3. The van der Waals surface area contributed by atoms with Crippen LogP contribution in [-0.4, -0.2) is 47.0 Å². The summed E-state index contributed by atoms with van der Waals surface area (Å²) in [7, 11) is 0. The Balaban J connectivity index is 1.29. The molecule has 0 spiro atoms. The second kappa shape index (κ2) is 11.2. The second-order valence-corrected chi connectivity index (χ2v) is 9.43. The van der Waals surface area contributed by atoms with Crippen molar-refractivity contribution in [1.29, 1.82) is 0 Å². The molecule has 2 amide bonds. The van der Waals surface area contributed by atoms with E-state index in [0.29, 0.717) is 33.0 Å². The summed E-state index contributed by atoms with van der Waals surface area (Å²) in [6.45, 7) is 1.49. The van der Waals surface area contributed by atoms with Crippen LogP contribution in [-0.2, 0) is 9.53 Å². The number of thioether (sulfide) groups is 1. The second-order valence-electron chi connectivity index (χ2n) is 7.23. The summed E-state index contributed by atoms with van der Waals surface area (Å²) in [5.74, 6) is -0.949. The van der Waals surface area contributed by atoms with Crippen LogP contribution in [0.15, 0.2) is 52.9 Å². The molecule has 11 heteroatoms. The van der Waals surface area contributed by atoms with Crippen LogP contribution in [0.25, 0.3) is 0 Å². The van der Waals surface area contributed by atoms with E-state index in [1.165, 1.54) is 47.4 Å². The van der Waals surface area contributed by atoms with Crippen molar-refractivity contribution in [2.75, 3.05) is 34.9 Å². The van der Waals surface area contributed by atoms with Gasteiger partial charge in [-0.25, -0.2) is 4.39 Å². The molecule has 1 saturated heterocycles. The summed E-state index contributed by atoms with van der Waals surface area (Å²) >= 11 is 2.65. The van der Waals surface area contributed by atoms with Gasteiger partial charge in [-0.1, -0.05) is 35.2 Å². The lowest BCUT2D eigenvalue weighted by Crippen LogP contribution is -2.19. The van der Waals surface area contributed by atoms with Gasteiger partial charge in [0.25, 0.3) is 5.91 Å². The van der Waals surface area contributed by atoms with Crippen molar-refractivity contribution in [2.45, 2.75) is 23.3 Å². The van der Waals surface area contributed by atoms with Gasteiger partial charge in [-0.15, -0.1) is 10.2 Å². The molecule has 1 fully saturated rings. The van der Waals surface area contributed by atoms with Crippen LogP contribution in [0.2, 0.25) is 0 Å². The number of ether oxygens (including phenoxy) is 1. The Bertz CT molecular complexity index is 1100. The zero-order valence-corrected chi connectivity index (χ0v) is 19.2. The third-order valence-electron chi connectivity index (χ3n) is 4.79. The van der Waals surface area contributed by atoms with E-state index in [4.69, 9.17) is 4.74 Å². The summed E-state index contributed by atoms with van der Waals surface area (Å²) in [6.07, 6.45) is 2.32. The largest absolute Gasteiger partial charge is 0.376 e.